The van der Waals surface area contributed by atoms with Crippen LogP contribution in [0.15, 0.2) is 6.20 Å². The Morgan fingerprint density at radius 1 is 1.32 bits per heavy atom. The number of pyridine rings is 1. The summed E-state index contributed by atoms with van der Waals surface area (Å²) in [5.41, 5.74) is -0.0206. The van der Waals surface area contributed by atoms with Gasteiger partial charge in [0.1, 0.15) is 17.4 Å². The molecule has 3 atom stereocenters. The molecule has 0 spiro atoms. The summed E-state index contributed by atoms with van der Waals surface area (Å²) in [5.74, 6) is -0.404. The van der Waals surface area contributed by atoms with Gasteiger partial charge in [-0.3, -0.25) is 0 Å². The molecule has 5 nitrogen and oxygen atoms in total. The zero-order chi connectivity index (χ0) is 15.4. The predicted octanol–water partition coefficient (Wildman–Crippen LogP) is 2.79. The van der Waals surface area contributed by atoms with Crippen molar-refractivity contribution in [2.75, 3.05) is 18.1 Å². The first kappa shape index (κ1) is 14.3. The maximum Gasteiger partial charge on any atom is 0.225 e. The summed E-state index contributed by atoms with van der Waals surface area (Å²) in [7, 11) is 0. The van der Waals surface area contributed by atoms with Crippen LogP contribution in [0.5, 0.6) is 0 Å². The minimum absolute atomic E-state index is 0.0206. The molecule has 4 rings (SSSR count). The minimum Gasteiger partial charge on any atom is -0.373 e. The SMILES string of the molecule is Fc1c(Cl)ncc2c(N3CCCO[C@@H]4C3[C@@H]4F)nc(Cl)nc12. The third-order valence-electron chi connectivity index (χ3n) is 3.92. The Bertz CT molecular complexity index is 762. The van der Waals surface area contributed by atoms with Crippen molar-refractivity contribution in [3.63, 3.8) is 0 Å². The molecule has 1 aliphatic heterocycles. The van der Waals surface area contributed by atoms with Crippen molar-refractivity contribution in [1.82, 2.24) is 15.0 Å². The molecule has 1 aliphatic carbocycles. The highest BCUT2D eigenvalue weighted by molar-refractivity contribution is 6.30. The number of rotatable bonds is 1. The molecule has 116 valence electrons. The monoisotopic (exact) mass is 346 g/mol. The standard InChI is InChI=1S/C13H10Cl2F2N4O/c14-11-6(16)8-5(4-18-11)12(20-13(15)19-8)21-2-1-3-22-10-7(17)9(10)21/h4,7,9-10H,1-3H2/t7-,9?,10-/m0/s1. The van der Waals surface area contributed by atoms with Crippen molar-refractivity contribution < 1.29 is 13.5 Å². The van der Waals surface area contributed by atoms with Gasteiger partial charge >= 0.3 is 0 Å². The van der Waals surface area contributed by atoms with E-state index in [9.17, 15) is 8.78 Å². The van der Waals surface area contributed by atoms with Crippen molar-refractivity contribution in [3.05, 3.63) is 22.5 Å². The molecule has 0 N–H and O–H groups in total. The molecule has 1 saturated carbocycles. The Labute approximate surface area is 134 Å². The summed E-state index contributed by atoms with van der Waals surface area (Å²) in [4.78, 5) is 13.6. The van der Waals surface area contributed by atoms with Crippen LogP contribution in [0.4, 0.5) is 14.6 Å². The predicted molar refractivity (Wildman–Crippen MR) is 77.7 cm³/mol. The highest BCUT2D eigenvalue weighted by Crippen LogP contribution is 2.41. The van der Waals surface area contributed by atoms with Crippen LogP contribution < -0.4 is 4.90 Å². The molecule has 22 heavy (non-hydrogen) atoms. The number of fused-ring (bicyclic) bond motifs is 2. The molecule has 1 saturated heterocycles. The van der Waals surface area contributed by atoms with Crippen LogP contribution in [0.25, 0.3) is 10.9 Å². The van der Waals surface area contributed by atoms with Gasteiger partial charge in [0.25, 0.3) is 0 Å². The molecule has 3 heterocycles. The summed E-state index contributed by atoms with van der Waals surface area (Å²) in [5, 5.41) is -0.0624. The van der Waals surface area contributed by atoms with Gasteiger partial charge in [-0.2, -0.15) is 4.98 Å². The van der Waals surface area contributed by atoms with Crippen LogP contribution in [0, 0.1) is 5.82 Å². The number of alkyl halides is 1. The largest absolute Gasteiger partial charge is 0.373 e. The molecular formula is C13H10Cl2F2N4O. The maximum atomic E-state index is 14.1. The van der Waals surface area contributed by atoms with E-state index in [2.05, 4.69) is 15.0 Å². The molecular weight excluding hydrogens is 337 g/mol. The quantitative estimate of drug-likeness (QED) is 0.587. The van der Waals surface area contributed by atoms with E-state index >= 15 is 0 Å². The molecule has 0 amide bonds. The molecule has 0 aromatic carbocycles. The smallest absolute Gasteiger partial charge is 0.225 e. The zero-order valence-corrected chi connectivity index (χ0v) is 12.7. The molecule has 2 aromatic heterocycles. The van der Waals surface area contributed by atoms with E-state index in [1.54, 1.807) is 4.90 Å². The van der Waals surface area contributed by atoms with E-state index in [-0.39, 0.29) is 16.0 Å². The number of halogens is 4. The molecule has 0 bridgehead atoms. The number of anilines is 1. The van der Waals surface area contributed by atoms with Gasteiger partial charge in [-0.25, -0.2) is 18.7 Å². The molecule has 0 radical (unpaired) electrons. The topological polar surface area (TPSA) is 51.1 Å². The summed E-state index contributed by atoms with van der Waals surface area (Å²) in [6.45, 7) is 1.02. The Morgan fingerprint density at radius 3 is 2.95 bits per heavy atom. The van der Waals surface area contributed by atoms with E-state index in [0.717, 1.165) is 0 Å². The van der Waals surface area contributed by atoms with E-state index in [0.29, 0.717) is 30.8 Å². The highest BCUT2D eigenvalue weighted by atomic mass is 35.5. The van der Waals surface area contributed by atoms with Crippen molar-refractivity contribution >= 4 is 39.9 Å². The van der Waals surface area contributed by atoms with Crippen LogP contribution in [0.2, 0.25) is 10.4 Å². The van der Waals surface area contributed by atoms with Crippen LogP contribution >= 0.6 is 23.2 Å². The van der Waals surface area contributed by atoms with Crippen LogP contribution in [-0.4, -0.2) is 46.4 Å². The first-order valence-corrected chi connectivity index (χ1v) is 7.53. The average molecular weight is 347 g/mol. The normalized spacial score (nSPS) is 27.6. The molecule has 9 heteroatoms. The lowest BCUT2D eigenvalue weighted by Crippen LogP contribution is -2.30. The molecule has 2 aliphatic rings. The lowest BCUT2D eigenvalue weighted by Gasteiger charge is -2.23. The number of hydrogen-bond donors (Lipinski definition) is 0. The first-order chi connectivity index (χ1) is 10.6. The highest BCUT2D eigenvalue weighted by Gasteiger charge is 2.57. The van der Waals surface area contributed by atoms with E-state index < -0.39 is 24.1 Å². The summed E-state index contributed by atoms with van der Waals surface area (Å²) < 4.78 is 33.4. The molecule has 2 aromatic rings. The molecule has 2 fully saturated rings. The summed E-state index contributed by atoms with van der Waals surface area (Å²) in [6, 6.07) is -0.435. The summed E-state index contributed by atoms with van der Waals surface area (Å²) >= 11 is 11.6. The van der Waals surface area contributed by atoms with Crippen molar-refractivity contribution in [2.24, 2.45) is 0 Å². The lowest BCUT2D eigenvalue weighted by atomic mass is 10.2. The Kier molecular flexibility index (Phi) is 3.32. The molecule has 1 unspecified atom stereocenters. The van der Waals surface area contributed by atoms with E-state index in [4.69, 9.17) is 27.9 Å². The first-order valence-electron chi connectivity index (χ1n) is 6.77. The number of hydrogen-bond acceptors (Lipinski definition) is 5. The van der Waals surface area contributed by atoms with Crippen molar-refractivity contribution in [1.29, 1.82) is 0 Å². The lowest BCUT2D eigenvalue weighted by molar-refractivity contribution is 0.105. The van der Waals surface area contributed by atoms with Gasteiger partial charge in [0.05, 0.1) is 11.4 Å². The van der Waals surface area contributed by atoms with Gasteiger partial charge in [0.15, 0.2) is 17.1 Å². The van der Waals surface area contributed by atoms with Gasteiger partial charge in [0.2, 0.25) is 5.28 Å². The van der Waals surface area contributed by atoms with Crippen LogP contribution in [0.1, 0.15) is 6.42 Å². The van der Waals surface area contributed by atoms with Gasteiger partial charge in [-0.1, -0.05) is 11.6 Å². The Hall–Kier alpha value is -1.31. The fourth-order valence-corrected chi connectivity index (χ4v) is 3.14. The second kappa shape index (κ2) is 5.11. The Morgan fingerprint density at radius 2 is 2.14 bits per heavy atom. The van der Waals surface area contributed by atoms with Gasteiger partial charge in [0, 0.05) is 19.3 Å². The fraction of sp³-hybridized carbons (Fsp3) is 0.462. The van der Waals surface area contributed by atoms with Crippen molar-refractivity contribution in [2.45, 2.75) is 24.7 Å². The van der Waals surface area contributed by atoms with E-state index in [1.807, 2.05) is 0 Å². The van der Waals surface area contributed by atoms with E-state index in [1.165, 1.54) is 6.20 Å². The average Bonchev–Trinajstić information content (AvgIpc) is 3.18. The number of aromatic nitrogens is 3. The van der Waals surface area contributed by atoms with Gasteiger partial charge in [-0.05, 0) is 18.0 Å². The minimum atomic E-state index is -1.09. The fourth-order valence-electron chi connectivity index (χ4n) is 2.84. The van der Waals surface area contributed by atoms with Crippen LogP contribution in [-0.2, 0) is 4.74 Å². The second-order valence-corrected chi connectivity index (χ2v) is 5.95. The maximum absolute atomic E-state index is 14.1. The Balaban J connectivity index is 1.89. The third-order valence-corrected chi connectivity index (χ3v) is 4.35. The van der Waals surface area contributed by atoms with Crippen LogP contribution in [0.3, 0.4) is 0 Å². The summed E-state index contributed by atoms with van der Waals surface area (Å²) in [6.07, 6.45) is 0.528. The number of ether oxygens (including phenoxy) is 1. The second-order valence-electron chi connectivity index (χ2n) is 5.26. The zero-order valence-electron chi connectivity index (χ0n) is 11.1. The third kappa shape index (κ3) is 2.11. The van der Waals surface area contributed by atoms with Gasteiger partial charge < -0.3 is 9.64 Å². The van der Waals surface area contributed by atoms with Crippen molar-refractivity contribution in [3.8, 4) is 0 Å². The van der Waals surface area contributed by atoms with Gasteiger partial charge in [-0.15, -0.1) is 0 Å². The number of nitrogens with zero attached hydrogens (tertiary/aromatic N) is 4.